The van der Waals surface area contributed by atoms with Gasteiger partial charge in [-0.05, 0) is 25.3 Å². The lowest BCUT2D eigenvalue weighted by Gasteiger charge is -2.39. The number of morpholine rings is 1. The topological polar surface area (TPSA) is 24.5 Å². The Labute approximate surface area is 128 Å². The Balaban J connectivity index is 1.71. The maximum Gasteiger partial charge on any atom is 0.0674 e. The van der Waals surface area contributed by atoms with Gasteiger partial charge in [-0.2, -0.15) is 0 Å². The molecule has 21 heavy (non-hydrogen) atoms. The summed E-state index contributed by atoms with van der Waals surface area (Å²) in [6.45, 7) is 9.70. The highest BCUT2D eigenvalue weighted by atomic mass is 16.5. The molecule has 1 heterocycles. The molecule has 1 saturated carbocycles. The Morgan fingerprint density at radius 1 is 1.29 bits per heavy atom. The second-order valence-corrected chi connectivity index (χ2v) is 7.00. The molecule has 1 aliphatic heterocycles. The Morgan fingerprint density at radius 3 is 2.71 bits per heavy atom. The molecule has 0 aromatic heterocycles. The van der Waals surface area contributed by atoms with E-state index in [1.54, 1.807) is 0 Å². The zero-order valence-corrected chi connectivity index (χ0v) is 13.3. The largest absolute Gasteiger partial charge is 0.376 e. The van der Waals surface area contributed by atoms with Gasteiger partial charge >= 0.3 is 0 Å². The van der Waals surface area contributed by atoms with Crippen molar-refractivity contribution >= 4 is 0 Å². The van der Waals surface area contributed by atoms with Crippen molar-refractivity contribution in [1.29, 1.82) is 0 Å². The predicted octanol–water partition coefficient (Wildman–Crippen LogP) is 2.42. The highest BCUT2D eigenvalue weighted by Gasteiger charge is 2.33. The first-order chi connectivity index (χ1) is 10.2. The average Bonchev–Trinajstić information content (AvgIpc) is 3.30. The van der Waals surface area contributed by atoms with Gasteiger partial charge in [-0.15, -0.1) is 0 Å². The fraction of sp³-hybridized carbons (Fsp3) is 0.667. The van der Waals surface area contributed by atoms with Gasteiger partial charge in [0.15, 0.2) is 0 Å². The minimum Gasteiger partial charge on any atom is -0.376 e. The predicted molar refractivity (Wildman–Crippen MR) is 86.7 cm³/mol. The number of ether oxygens (including phenoxy) is 1. The van der Waals surface area contributed by atoms with Gasteiger partial charge in [-0.3, -0.25) is 4.90 Å². The molecule has 0 radical (unpaired) electrons. The van der Waals surface area contributed by atoms with Crippen LogP contribution >= 0.6 is 0 Å². The third-order valence-electron chi connectivity index (χ3n) is 4.73. The van der Waals surface area contributed by atoms with Crippen molar-refractivity contribution in [2.75, 3.05) is 32.8 Å². The number of nitrogens with zero attached hydrogens (tertiary/aromatic N) is 1. The summed E-state index contributed by atoms with van der Waals surface area (Å²) in [5, 5.41) is 3.74. The Morgan fingerprint density at radius 2 is 2.05 bits per heavy atom. The van der Waals surface area contributed by atoms with Gasteiger partial charge in [-0.25, -0.2) is 0 Å². The zero-order chi connectivity index (χ0) is 14.7. The minimum atomic E-state index is 0.168. The molecule has 1 aromatic rings. The number of benzene rings is 1. The summed E-state index contributed by atoms with van der Waals surface area (Å²) in [5.41, 5.74) is 1.61. The summed E-state index contributed by atoms with van der Waals surface area (Å²) in [5.74, 6) is 0. The maximum absolute atomic E-state index is 5.68. The number of hydrogen-bond donors (Lipinski definition) is 1. The lowest BCUT2D eigenvalue weighted by Crippen LogP contribution is -2.50. The molecule has 0 bridgehead atoms. The summed E-state index contributed by atoms with van der Waals surface area (Å²) < 4.78 is 5.68. The molecule has 2 aliphatic rings. The normalized spacial score (nSPS) is 26.5. The Kier molecular flexibility index (Phi) is 4.63. The molecule has 1 aromatic carbocycles. The monoisotopic (exact) mass is 288 g/mol. The molecule has 0 amide bonds. The molecular formula is C18H28N2O. The molecule has 116 valence electrons. The third-order valence-corrected chi connectivity index (χ3v) is 4.73. The standard InChI is InChI=1S/C18H28N2O/c1-15-12-20(10-11-21-15)14-18(2,13-19-17-8-9-17)16-6-4-3-5-7-16/h3-7,15,17,19H,8-14H2,1-2H3. The summed E-state index contributed by atoms with van der Waals surface area (Å²) in [4.78, 5) is 2.57. The second-order valence-electron chi connectivity index (χ2n) is 7.00. The van der Waals surface area contributed by atoms with Crippen molar-refractivity contribution in [1.82, 2.24) is 10.2 Å². The van der Waals surface area contributed by atoms with E-state index in [9.17, 15) is 0 Å². The Hall–Kier alpha value is -0.900. The minimum absolute atomic E-state index is 0.168. The van der Waals surface area contributed by atoms with E-state index in [1.807, 2.05) is 0 Å². The van der Waals surface area contributed by atoms with Crippen molar-refractivity contribution in [2.24, 2.45) is 0 Å². The van der Waals surface area contributed by atoms with E-state index in [4.69, 9.17) is 4.74 Å². The van der Waals surface area contributed by atoms with Gasteiger partial charge in [0.25, 0.3) is 0 Å². The van der Waals surface area contributed by atoms with E-state index in [0.29, 0.717) is 6.10 Å². The lowest BCUT2D eigenvalue weighted by atomic mass is 9.81. The van der Waals surface area contributed by atoms with E-state index in [1.165, 1.54) is 18.4 Å². The summed E-state index contributed by atoms with van der Waals surface area (Å²) in [6.07, 6.45) is 3.05. The second kappa shape index (κ2) is 6.47. The fourth-order valence-electron chi connectivity index (χ4n) is 3.27. The van der Waals surface area contributed by atoms with Crippen LogP contribution in [0.1, 0.15) is 32.3 Å². The first-order valence-corrected chi connectivity index (χ1v) is 8.29. The highest BCUT2D eigenvalue weighted by molar-refractivity contribution is 5.26. The van der Waals surface area contributed by atoms with Crippen molar-refractivity contribution in [3.8, 4) is 0 Å². The molecule has 3 nitrogen and oxygen atoms in total. The van der Waals surface area contributed by atoms with Crippen LogP contribution in [0.5, 0.6) is 0 Å². The average molecular weight is 288 g/mol. The van der Waals surface area contributed by atoms with Crippen molar-refractivity contribution in [2.45, 2.75) is 44.2 Å². The van der Waals surface area contributed by atoms with Gasteiger partial charge in [0, 0.05) is 37.6 Å². The maximum atomic E-state index is 5.68. The molecule has 2 atom stereocenters. The molecule has 0 spiro atoms. The number of rotatable bonds is 6. The molecule has 3 heteroatoms. The van der Waals surface area contributed by atoms with Gasteiger partial charge in [-0.1, -0.05) is 37.3 Å². The van der Waals surface area contributed by atoms with Crippen LogP contribution in [0.3, 0.4) is 0 Å². The highest BCUT2D eigenvalue weighted by Crippen LogP contribution is 2.27. The van der Waals surface area contributed by atoms with Crippen LogP contribution in [0.15, 0.2) is 30.3 Å². The van der Waals surface area contributed by atoms with Crippen LogP contribution < -0.4 is 5.32 Å². The molecule has 2 unspecified atom stereocenters. The summed E-state index contributed by atoms with van der Waals surface area (Å²) >= 11 is 0. The first kappa shape index (κ1) is 15.0. The zero-order valence-electron chi connectivity index (χ0n) is 13.3. The molecule has 1 aliphatic carbocycles. The van der Waals surface area contributed by atoms with E-state index in [2.05, 4.69) is 54.4 Å². The van der Waals surface area contributed by atoms with Crippen molar-refractivity contribution < 1.29 is 4.74 Å². The van der Waals surface area contributed by atoms with E-state index >= 15 is 0 Å². The van der Waals surface area contributed by atoms with Crippen molar-refractivity contribution in [3.63, 3.8) is 0 Å². The molecule has 1 saturated heterocycles. The number of nitrogens with one attached hydrogen (secondary N) is 1. The van der Waals surface area contributed by atoms with Crippen LogP contribution in [0.25, 0.3) is 0 Å². The van der Waals surface area contributed by atoms with Crippen molar-refractivity contribution in [3.05, 3.63) is 35.9 Å². The van der Waals surface area contributed by atoms with Crippen LogP contribution in [0, 0.1) is 0 Å². The molecular weight excluding hydrogens is 260 g/mol. The van der Waals surface area contributed by atoms with Gasteiger partial charge < -0.3 is 10.1 Å². The fourth-order valence-corrected chi connectivity index (χ4v) is 3.27. The van der Waals surface area contributed by atoms with Gasteiger partial charge in [0.1, 0.15) is 0 Å². The summed E-state index contributed by atoms with van der Waals surface area (Å²) in [6, 6.07) is 11.7. The van der Waals surface area contributed by atoms with E-state index in [0.717, 1.165) is 38.8 Å². The van der Waals surface area contributed by atoms with Crippen LogP contribution in [-0.4, -0.2) is 49.8 Å². The van der Waals surface area contributed by atoms with Gasteiger partial charge in [0.05, 0.1) is 12.7 Å². The first-order valence-electron chi connectivity index (χ1n) is 8.29. The molecule has 2 fully saturated rings. The number of hydrogen-bond acceptors (Lipinski definition) is 3. The molecule has 1 N–H and O–H groups in total. The van der Waals surface area contributed by atoms with E-state index in [-0.39, 0.29) is 5.41 Å². The third kappa shape index (κ3) is 4.06. The lowest BCUT2D eigenvalue weighted by molar-refractivity contribution is -0.0246. The quantitative estimate of drug-likeness (QED) is 0.870. The van der Waals surface area contributed by atoms with E-state index < -0.39 is 0 Å². The van der Waals surface area contributed by atoms with Gasteiger partial charge in [0.2, 0.25) is 0 Å². The Bertz CT molecular complexity index is 446. The summed E-state index contributed by atoms with van der Waals surface area (Å²) in [7, 11) is 0. The van der Waals surface area contributed by atoms with Crippen LogP contribution in [0.2, 0.25) is 0 Å². The van der Waals surface area contributed by atoms with Crippen LogP contribution in [-0.2, 0) is 10.2 Å². The molecule has 3 rings (SSSR count). The van der Waals surface area contributed by atoms with Crippen LogP contribution in [0.4, 0.5) is 0 Å². The SMILES string of the molecule is CC1CN(CC(C)(CNC2CC2)c2ccccc2)CCO1. The smallest absolute Gasteiger partial charge is 0.0674 e.